The van der Waals surface area contributed by atoms with Gasteiger partial charge in [0.1, 0.15) is 5.84 Å². The number of rotatable bonds is 4. The minimum atomic E-state index is -0.147. The maximum Gasteiger partial charge on any atom is 0.253 e. The van der Waals surface area contributed by atoms with E-state index in [0.717, 1.165) is 0 Å². The standard InChI is InChI=1S/C11H16N4O2/c1-8(7-10(12)14-17)15(2)11(16)9-3-5-13-6-4-9/h3-6,8,17H,7H2,1-2H3,(H2,12,14). The molecule has 1 aromatic heterocycles. The molecular formula is C11H16N4O2. The Morgan fingerprint density at radius 3 is 2.71 bits per heavy atom. The van der Waals surface area contributed by atoms with Gasteiger partial charge in [0.2, 0.25) is 0 Å². The molecule has 0 spiro atoms. The maximum atomic E-state index is 12.0. The number of amides is 1. The van der Waals surface area contributed by atoms with Gasteiger partial charge in [-0.25, -0.2) is 0 Å². The van der Waals surface area contributed by atoms with Crippen molar-refractivity contribution in [1.82, 2.24) is 9.88 Å². The zero-order valence-electron chi connectivity index (χ0n) is 9.87. The second kappa shape index (κ2) is 5.83. The lowest BCUT2D eigenvalue weighted by atomic mass is 10.1. The maximum absolute atomic E-state index is 12.0. The van der Waals surface area contributed by atoms with Crippen LogP contribution in [-0.2, 0) is 0 Å². The Balaban J connectivity index is 2.70. The van der Waals surface area contributed by atoms with Crippen LogP contribution in [0.1, 0.15) is 23.7 Å². The zero-order valence-corrected chi connectivity index (χ0v) is 9.87. The fourth-order valence-electron chi connectivity index (χ4n) is 1.38. The molecule has 1 amide bonds. The van der Waals surface area contributed by atoms with Gasteiger partial charge in [0.05, 0.1) is 0 Å². The van der Waals surface area contributed by atoms with Crippen molar-refractivity contribution < 1.29 is 10.0 Å². The smallest absolute Gasteiger partial charge is 0.253 e. The third kappa shape index (κ3) is 3.44. The summed E-state index contributed by atoms with van der Waals surface area (Å²) in [6.45, 7) is 1.83. The Morgan fingerprint density at radius 2 is 2.18 bits per heavy atom. The Labute approximate surface area is 99.7 Å². The lowest BCUT2D eigenvalue weighted by Crippen LogP contribution is -2.37. The van der Waals surface area contributed by atoms with Crippen LogP contribution in [0.2, 0.25) is 0 Å². The SMILES string of the molecule is CC(C/C(N)=N/O)N(C)C(=O)c1ccncc1. The number of hydrogen-bond acceptors (Lipinski definition) is 4. The number of carbonyl (C=O) groups is 1. The number of oxime groups is 1. The second-order valence-corrected chi connectivity index (χ2v) is 3.80. The third-order valence-electron chi connectivity index (χ3n) is 2.54. The summed E-state index contributed by atoms with van der Waals surface area (Å²) < 4.78 is 0. The van der Waals surface area contributed by atoms with Crippen LogP contribution in [0.3, 0.4) is 0 Å². The summed E-state index contributed by atoms with van der Waals surface area (Å²) in [6.07, 6.45) is 3.45. The minimum absolute atomic E-state index is 0.104. The highest BCUT2D eigenvalue weighted by Crippen LogP contribution is 2.07. The zero-order chi connectivity index (χ0) is 12.8. The van der Waals surface area contributed by atoms with Gasteiger partial charge in [0, 0.05) is 37.5 Å². The van der Waals surface area contributed by atoms with Crippen molar-refractivity contribution in [3.8, 4) is 0 Å². The van der Waals surface area contributed by atoms with Gasteiger partial charge in [-0.15, -0.1) is 0 Å². The Hall–Kier alpha value is -2.11. The first-order valence-corrected chi connectivity index (χ1v) is 5.19. The lowest BCUT2D eigenvalue weighted by Gasteiger charge is -2.24. The molecule has 0 saturated heterocycles. The quantitative estimate of drug-likeness (QED) is 0.348. The molecule has 0 radical (unpaired) electrons. The van der Waals surface area contributed by atoms with E-state index in [1.807, 2.05) is 6.92 Å². The number of amidine groups is 1. The van der Waals surface area contributed by atoms with Crippen LogP contribution in [-0.4, -0.2) is 39.9 Å². The molecule has 0 aliphatic heterocycles. The van der Waals surface area contributed by atoms with Crippen LogP contribution in [0.25, 0.3) is 0 Å². The topological polar surface area (TPSA) is 91.8 Å². The van der Waals surface area contributed by atoms with Crippen LogP contribution in [0.4, 0.5) is 0 Å². The van der Waals surface area contributed by atoms with E-state index in [1.54, 1.807) is 36.5 Å². The first-order chi connectivity index (χ1) is 8.06. The van der Waals surface area contributed by atoms with Gasteiger partial charge < -0.3 is 15.8 Å². The van der Waals surface area contributed by atoms with Crippen LogP contribution >= 0.6 is 0 Å². The number of nitrogens with zero attached hydrogens (tertiary/aromatic N) is 3. The molecule has 0 bridgehead atoms. The molecule has 1 rings (SSSR count). The summed E-state index contributed by atoms with van der Waals surface area (Å²) >= 11 is 0. The highest BCUT2D eigenvalue weighted by molar-refractivity contribution is 5.94. The van der Waals surface area contributed by atoms with E-state index in [-0.39, 0.29) is 17.8 Å². The van der Waals surface area contributed by atoms with E-state index in [9.17, 15) is 4.79 Å². The number of nitrogens with two attached hydrogens (primary N) is 1. The summed E-state index contributed by atoms with van der Waals surface area (Å²) in [5, 5.41) is 11.4. The summed E-state index contributed by atoms with van der Waals surface area (Å²) in [5.74, 6) is -0.0162. The summed E-state index contributed by atoms with van der Waals surface area (Å²) in [5.41, 5.74) is 5.97. The van der Waals surface area contributed by atoms with Gasteiger partial charge >= 0.3 is 0 Å². The van der Waals surface area contributed by atoms with Crippen LogP contribution in [0.15, 0.2) is 29.7 Å². The molecule has 17 heavy (non-hydrogen) atoms. The number of carbonyl (C=O) groups excluding carboxylic acids is 1. The van der Waals surface area contributed by atoms with Crippen molar-refractivity contribution >= 4 is 11.7 Å². The van der Waals surface area contributed by atoms with Crippen molar-refractivity contribution in [2.24, 2.45) is 10.9 Å². The first-order valence-electron chi connectivity index (χ1n) is 5.19. The van der Waals surface area contributed by atoms with Gasteiger partial charge in [0.25, 0.3) is 5.91 Å². The molecule has 0 aromatic carbocycles. The van der Waals surface area contributed by atoms with E-state index >= 15 is 0 Å². The molecule has 1 unspecified atom stereocenters. The molecule has 92 valence electrons. The van der Waals surface area contributed by atoms with Gasteiger partial charge in [-0.1, -0.05) is 5.16 Å². The van der Waals surface area contributed by atoms with E-state index in [2.05, 4.69) is 10.1 Å². The van der Waals surface area contributed by atoms with Crippen LogP contribution in [0.5, 0.6) is 0 Å². The lowest BCUT2D eigenvalue weighted by molar-refractivity contribution is 0.0747. The van der Waals surface area contributed by atoms with Crippen LogP contribution in [0, 0.1) is 0 Å². The molecule has 0 saturated carbocycles. The molecule has 1 heterocycles. The number of hydrogen-bond donors (Lipinski definition) is 2. The number of aromatic nitrogens is 1. The Morgan fingerprint density at radius 1 is 1.59 bits per heavy atom. The average molecular weight is 236 g/mol. The van der Waals surface area contributed by atoms with E-state index in [0.29, 0.717) is 12.0 Å². The minimum Gasteiger partial charge on any atom is -0.409 e. The molecule has 3 N–H and O–H groups in total. The van der Waals surface area contributed by atoms with E-state index in [1.165, 1.54) is 0 Å². The third-order valence-corrected chi connectivity index (χ3v) is 2.54. The summed E-state index contributed by atoms with van der Waals surface area (Å²) in [7, 11) is 1.68. The molecule has 6 nitrogen and oxygen atoms in total. The molecule has 1 atom stereocenters. The van der Waals surface area contributed by atoms with Crippen molar-refractivity contribution in [1.29, 1.82) is 0 Å². The Bertz CT molecular complexity index is 405. The molecular weight excluding hydrogens is 220 g/mol. The predicted octanol–water partition coefficient (Wildman–Crippen LogP) is 0.679. The predicted molar refractivity (Wildman–Crippen MR) is 63.8 cm³/mol. The Kier molecular flexibility index (Phi) is 4.45. The van der Waals surface area contributed by atoms with Crippen molar-refractivity contribution in [2.75, 3.05) is 7.05 Å². The van der Waals surface area contributed by atoms with E-state index in [4.69, 9.17) is 10.9 Å². The van der Waals surface area contributed by atoms with Crippen LogP contribution < -0.4 is 5.73 Å². The van der Waals surface area contributed by atoms with Gasteiger partial charge in [-0.2, -0.15) is 0 Å². The molecule has 1 aromatic rings. The van der Waals surface area contributed by atoms with Crippen molar-refractivity contribution in [2.45, 2.75) is 19.4 Å². The molecule has 0 aliphatic carbocycles. The summed E-state index contributed by atoms with van der Waals surface area (Å²) in [4.78, 5) is 17.4. The summed E-state index contributed by atoms with van der Waals surface area (Å²) in [6, 6.07) is 3.15. The normalized spacial score (nSPS) is 13.2. The number of pyridine rings is 1. The molecule has 0 fully saturated rings. The van der Waals surface area contributed by atoms with E-state index < -0.39 is 0 Å². The highest BCUT2D eigenvalue weighted by atomic mass is 16.4. The second-order valence-electron chi connectivity index (χ2n) is 3.80. The van der Waals surface area contributed by atoms with Gasteiger partial charge in [-0.05, 0) is 19.1 Å². The van der Waals surface area contributed by atoms with Gasteiger partial charge in [0.15, 0.2) is 0 Å². The molecule has 6 heteroatoms. The van der Waals surface area contributed by atoms with Crippen molar-refractivity contribution in [3.05, 3.63) is 30.1 Å². The fourth-order valence-corrected chi connectivity index (χ4v) is 1.38. The van der Waals surface area contributed by atoms with Gasteiger partial charge in [-0.3, -0.25) is 9.78 Å². The first kappa shape index (κ1) is 13.0. The molecule has 0 aliphatic rings. The van der Waals surface area contributed by atoms with Crippen molar-refractivity contribution in [3.63, 3.8) is 0 Å². The average Bonchev–Trinajstić information content (AvgIpc) is 2.37. The monoisotopic (exact) mass is 236 g/mol. The fraction of sp³-hybridized carbons (Fsp3) is 0.364. The highest BCUT2D eigenvalue weighted by Gasteiger charge is 2.18. The largest absolute Gasteiger partial charge is 0.409 e.